The molecule has 0 fully saturated rings. The molecule has 1 nitrogen and oxygen atoms in total. The summed E-state index contributed by atoms with van der Waals surface area (Å²) in [5.74, 6) is 0.690. The normalized spacial score (nSPS) is 13.4. The van der Waals surface area contributed by atoms with Crippen molar-refractivity contribution in [3.05, 3.63) is 40.5 Å². The first-order chi connectivity index (χ1) is 6.99. The summed E-state index contributed by atoms with van der Waals surface area (Å²) < 4.78 is 0. The van der Waals surface area contributed by atoms with E-state index in [2.05, 4.69) is 26.8 Å². The van der Waals surface area contributed by atoms with E-state index in [9.17, 15) is 5.11 Å². The van der Waals surface area contributed by atoms with Gasteiger partial charge in [-0.3, -0.25) is 0 Å². The highest BCUT2D eigenvalue weighted by molar-refractivity contribution is 5.50. The Balaban J connectivity index is 3.35. The molecule has 0 aromatic heterocycles. The number of phenolic OH excluding ortho intramolecular Hbond substituents is 1. The van der Waals surface area contributed by atoms with Crippen molar-refractivity contribution in [2.24, 2.45) is 0 Å². The van der Waals surface area contributed by atoms with Gasteiger partial charge in [0.25, 0.3) is 0 Å². The third-order valence-electron chi connectivity index (χ3n) is 3.12. The second kappa shape index (κ2) is 4.52. The molecule has 0 aliphatic heterocycles. The van der Waals surface area contributed by atoms with Crippen LogP contribution in [0.3, 0.4) is 0 Å². The van der Waals surface area contributed by atoms with Crippen molar-refractivity contribution in [2.75, 3.05) is 0 Å². The van der Waals surface area contributed by atoms with Gasteiger partial charge in [0.2, 0.25) is 0 Å². The van der Waals surface area contributed by atoms with Crippen molar-refractivity contribution in [1.29, 1.82) is 0 Å². The summed E-state index contributed by atoms with van der Waals surface area (Å²) >= 11 is 0. The SMILES string of the molecule is C/C=C/C(C)c1c(O)cc(C)c(C)c1C. The van der Waals surface area contributed by atoms with Crippen LogP contribution in [-0.4, -0.2) is 5.11 Å². The minimum Gasteiger partial charge on any atom is -0.508 e. The molecule has 1 aromatic rings. The second-order valence-electron chi connectivity index (χ2n) is 4.19. The highest BCUT2D eigenvalue weighted by Crippen LogP contribution is 2.33. The third-order valence-corrected chi connectivity index (χ3v) is 3.12. The van der Waals surface area contributed by atoms with Gasteiger partial charge in [-0.25, -0.2) is 0 Å². The van der Waals surface area contributed by atoms with E-state index in [-0.39, 0.29) is 5.92 Å². The van der Waals surface area contributed by atoms with Crippen LogP contribution in [0.5, 0.6) is 5.75 Å². The van der Waals surface area contributed by atoms with Crippen LogP contribution in [0.2, 0.25) is 0 Å². The van der Waals surface area contributed by atoms with Gasteiger partial charge in [-0.1, -0.05) is 19.1 Å². The number of allylic oxidation sites excluding steroid dienone is 2. The molecule has 82 valence electrons. The van der Waals surface area contributed by atoms with Crippen molar-refractivity contribution in [1.82, 2.24) is 0 Å². The van der Waals surface area contributed by atoms with Gasteiger partial charge in [0.15, 0.2) is 0 Å². The standard InChI is InChI=1S/C14H20O/c1-6-7-9(2)14-12(5)11(4)10(3)8-13(14)15/h6-9,15H,1-5H3/b7-6+. The zero-order valence-corrected chi connectivity index (χ0v) is 10.3. The van der Waals surface area contributed by atoms with Crippen LogP contribution in [-0.2, 0) is 0 Å². The molecule has 1 unspecified atom stereocenters. The molecular weight excluding hydrogens is 184 g/mol. The molecule has 0 heterocycles. The summed E-state index contributed by atoms with van der Waals surface area (Å²) in [6.07, 6.45) is 4.13. The summed E-state index contributed by atoms with van der Waals surface area (Å²) in [5, 5.41) is 9.96. The molecule has 1 rings (SSSR count). The van der Waals surface area contributed by atoms with Gasteiger partial charge < -0.3 is 5.11 Å². The Morgan fingerprint density at radius 1 is 1.20 bits per heavy atom. The molecule has 0 aliphatic carbocycles. The van der Waals surface area contributed by atoms with E-state index in [1.165, 1.54) is 11.1 Å². The van der Waals surface area contributed by atoms with Crippen molar-refractivity contribution in [3.63, 3.8) is 0 Å². The first-order valence-corrected chi connectivity index (χ1v) is 5.41. The van der Waals surface area contributed by atoms with Crippen molar-refractivity contribution < 1.29 is 5.11 Å². The lowest BCUT2D eigenvalue weighted by Gasteiger charge is -2.17. The zero-order chi connectivity index (χ0) is 11.6. The average Bonchev–Trinajstić information content (AvgIpc) is 2.15. The van der Waals surface area contributed by atoms with Gasteiger partial charge in [0.1, 0.15) is 5.75 Å². The number of aromatic hydroxyl groups is 1. The van der Waals surface area contributed by atoms with Crippen molar-refractivity contribution in [2.45, 2.75) is 40.5 Å². The van der Waals surface area contributed by atoms with E-state index in [1.54, 1.807) is 0 Å². The molecule has 0 saturated heterocycles. The predicted octanol–water partition coefficient (Wildman–Crippen LogP) is 4.00. The highest BCUT2D eigenvalue weighted by atomic mass is 16.3. The van der Waals surface area contributed by atoms with Crippen LogP contribution in [0.4, 0.5) is 0 Å². The molecule has 0 radical (unpaired) electrons. The first-order valence-electron chi connectivity index (χ1n) is 5.41. The van der Waals surface area contributed by atoms with Gasteiger partial charge in [-0.15, -0.1) is 0 Å². The number of benzene rings is 1. The Labute approximate surface area is 92.5 Å². The van der Waals surface area contributed by atoms with Crippen LogP contribution >= 0.6 is 0 Å². The predicted molar refractivity (Wildman–Crippen MR) is 65.5 cm³/mol. The summed E-state index contributed by atoms with van der Waals surface area (Å²) in [4.78, 5) is 0. The summed E-state index contributed by atoms with van der Waals surface area (Å²) in [7, 11) is 0. The van der Waals surface area contributed by atoms with E-state index in [0.29, 0.717) is 5.75 Å². The fraction of sp³-hybridized carbons (Fsp3) is 0.429. The van der Waals surface area contributed by atoms with Gasteiger partial charge in [-0.05, 0) is 50.5 Å². The van der Waals surface area contributed by atoms with Crippen LogP contribution in [0.15, 0.2) is 18.2 Å². The maximum atomic E-state index is 9.96. The fourth-order valence-electron chi connectivity index (χ4n) is 2.04. The highest BCUT2D eigenvalue weighted by Gasteiger charge is 2.13. The molecule has 1 N–H and O–H groups in total. The molecule has 1 atom stereocenters. The number of phenols is 1. The largest absolute Gasteiger partial charge is 0.508 e. The lowest BCUT2D eigenvalue weighted by Crippen LogP contribution is -1.98. The first kappa shape index (κ1) is 11.8. The van der Waals surface area contributed by atoms with E-state index in [4.69, 9.17) is 0 Å². The van der Waals surface area contributed by atoms with Crippen LogP contribution < -0.4 is 0 Å². The van der Waals surface area contributed by atoms with Crippen LogP contribution in [0, 0.1) is 20.8 Å². The molecule has 1 heteroatoms. The number of aryl methyl sites for hydroxylation is 1. The molecule has 0 bridgehead atoms. The monoisotopic (exact) mass is 204 g/mol. The molecule has 1 aromatic carbocycles. The summed E-state index contributed by atoms with van der Waals surface area (Å²) in [6, 6.07) is 1.86. The Morgan fingerprint density at radius 3 is 2.33 bits per heavy atom. The molecule has 0 spiro atoms. The Kier molecular flexibility index (Phi) is 3.57. The van der Waals surface area contributed by atoms with Crippen LogP contribution in [0.1, 0.15) is 42.0 Å². The van der Waals surface area contributed by atoms with Crippen molar-refractivity contribution >= 4 is 0 Å². The van der Waals surface area contributed by atoms with Gasteiger partial charge in [-0.2, -0.15) is 0 Å². The summed E-state index contributed by atoms with van der Waals surface area (Å²) in [6.45, 7) is 10.3. The lowest BCUT2D eigenvalue weighted by molar-refractivity contribution is 0.465. The molecule has 0 amide bonds. The van der Waals surface area contributed by atoms with Gasteiger partial charge >= 0.3 is 0 Å². The Bertz CT molecular complexity index is 389. The Morgan fingerprint density at radius 2 is 1.80 bits per heavy atom. The molecule has 0 aliphatic rings. The maximum Gasteiger partial charge on any atom is 0.119 e. The number of rotatable bonds is 2. The van der Waals surface area contributed by atoms with Crippen molar-refractivity contribution in [3.8, 4) is 5.75 Å². The summed E-state index contributed by atoms with van der Waals surface area (Å²) in [5.41, 5.74) is 4.69. The third kappa shape index (κ3) is 2.23. The van der Waals surface area contributed by atoms with E-state index in [0.717, 1.165) is 11.1 Å². The minimum absolute atomic E-state index is 0.272. The second-order valence-corrected chi connectivity index (χ2v) is 4.19. The number of hydrogen-bond donors (Lipinski definition) is 1. The fourth-order valence-corrected chi connectivity index (χ4v) is 2.04. The number of hydrogen-bond acceptors (Lipinski definition) is 1. The van der Waals surface area contributed by atoms with Gasteiger partial charge in [0.05, 0.1) is 0 Å². The molecule has 15 heavy (non-hydrogen) atoms. The van der Waals surface area contributed by atoms with E-state index < -0.39 is 0 Å². The smallest absolute Gasteiger partial charge is 0.119 e. The van der Waals surface area contributed by atoms with E-state index >= 15 is 0 Å². The zero-order valence-electron chi connectivity index (χ0n) is 10.3. The maximum absolute atomic E-state index is 9.96. The molecule has 0 saturated carbocycles. The Hall–Kier alpha value is -1.24. The van der Waals surface area contributed by atoms with E-state index in [1.807, 2.05) is 26.0 Å². The molecular formula is C14H20O. The topological polar surface area (TPSA) is 20.2 Å². The average molecular weight is 204 g/mol. The van der Waals surface area contributed by atoms with Gasteiger partial charge in [0, 0.05) is 11.5 Å². The lowest BCUT2D eigenvalue weighted by atomic mass is 9.90. The van der Waals surface area contributed by atoms with Crippen LogP contribution in [0.25, 0.3) is 0 Å². The quantitative estimate of drug-likeness (QED) is 0.722. The minimum atomic E-state index is 0.272.